The van der Waals surface area contributed by atoms with Crippen LogP contribution in [-0.2, 0) is 4.79 Å². The van der Waals surface area contributed by atoms with Gasteiger partial charge in [0.05, 0.1) is 12.4 Å². The maximum atomic E-state index is 11.5. The summed E-state index contributed by atoms with van der Waals surface area (Å²) in [5.74, 6) is 0.424. The van der Waals surface area contributed by atoms with Crippen molar-refractivity contribution >= 4 is 11.7 Å². The normalized spacial score (nSPS) is 11.4. The molecule has 0 aliphatic heterocycles. The van der Waals surface area contributed by atoms with E-state index in [0.717, 1.165) is 0 Å². The number of hydrogen-bond donors (Lipinski definition) is 1. The van der Waals surface area contributed by atoms with Crippen molar-refractivity contribution in [2.24, 2.45) is 0 Å². The molecule has 0 fully saturated rings. The molecular weight excluding hydrogens is 206 g/mol. The fraction of sp³-hybridized carbons (Fsp3) is 0.400. The van der Waals surface area contributed by atoms with Gasteiger partial charge in [-0.25, -0.2) is 9.97 Å². The van der Waals surface area contributed by atoms with Crippen molar-refractivity contribution in [2.75, 3.05) is 19.4 Å². The van der Waals surface area contributed by atoms with E-state index < -0.39 is 0 Å². The summed E-state index contributed by atoms with van der Waals surface area (Å²) < 4.78 is 0. The fourth-order valence-electron chi connectivity index (χ4n) is 1.13. The molecule has 0 aliphatic rings. The third kappa shape index (κ3) is 2.92. The van der Waals surface area contributed by atoms with Crippen molar-refractivity contribution in [1.29, 1.82) is 5.26 Å². The van der Waals surface area contributed by atoms with Gasteiger partial charge in [-0.3, -0.25) is 4.79 Å². The highest BCUT2D eigenvalue weighted by molar-refractivity contribution is 5.83. The molecule has 16 heavy (non-hydrogen) atoms. The van der Waals surface area contributed by atoms with Crippen LogP contribution in [0.4, 0.5) is 5.82 Å². The summed E-state index contributed by atoms with van der Waals surface area (Å²) in [5, 5.41) is 11.4. The van der Waals surface area contributed by atoms with Crippen LogP contribution in [0.15, 0.2) is 12.4 Å². The SMILES string of the molecule is CC(Nc1cnc(C#N)cn1)C(=O)N(C)C. The van der Waals surface area contributed by atoms with Crippen LogP contribution in [0.3, 0.4) is 0 Å². The number of nitrogens with zero attached hydrogens (tertiary/aromatic N) is 4. The average molecular weight is 219 g/mol. The molecular formula is C10H13N5O. The number of nitriles is 1. The maximum absolute atomic E-state index is 11.5. The fourth-order valence-corrected chi connectivity index (χ4v) is 1.13. The molecule has 0 saturated heterocycles. The van der Waals surface area contributed by atoms with Gasteiger partial charge < -0.3 is 10.2 Å². The third-order valence-corrected chi connectivity index (χ3v) is 1.94. The molecule has 1 N–H and O–H groups in total. The summed E-state index contributed by atoms with van der Waals surface area (Å²) >= 11 is 0. The van der Waals surface area contributed by atoms with Gasteiger partial charge in [0.2, 0.25) is 5.91 Å². The topological polar surface area (TPSA) is 81.9 Å². The largest absolute Gasteiger partial charge is 0.357 e. The van der Waals surface area contributed by atoms with Crippen LogP contribution in [-0.4, -0.2) is 40.9 Å². The Balaban J connectivity index is 2.67. The molecule has 0 spiro atoms. The molecule has 0 aromatic carbocycles. The Morgan fingerprint density at radius 3 is 2.62 bits per heavy atom. The molecule has 1 atom stereocenters. The van der Waals surface area contributed by atoms with Gasteiger partial charge in [0, 0.05) is 14.1 Å². The maximum Gasteiger partial charge on any atom is 0.244 e. The number of hydrogen-bond acceptors (Lipinski definition) is 5. The van der Waals surface area contributed by atoms with Gasteiger partial charge in [0.1, 0.15) is 17.9 Å². The lowest BCUT2D eigenvalue weighted by Gasteiger charge is -2.18. The van der Waals surface area contributed by atoms with E-state index >= 15 is 0 Å². The number of anilines is 1. The molecule has 1 aromatic heterocycles. The Labute approximate surface area is 93.9 Å². The molecule has 1 heterocycles. The highest BCUT2D eigenvalue weighted by Gasteiger charge is 2.14. The molecule has 6 heteroatoms. The Morgan fingerprint density at radius 1 is 1.50 bits per heavy atom. The number of rotatable bonds is 3. The van der Waals surface area contributed by atoms with E-state index in [-0.39, 0.29) is 17.6 Å². The molecule has 1 unspecified atom stereocenters. The molecule has 0 bridgehead atoms. The van der Waals surface area contributed by atoms with Gasteiger partial charge in [-0.15, -0.1) is 0 Å². The lowest BCUT2D eigenvalue weighted by Crippen LogP contribution is -2.36. The van der Waals surface area contributed by atoms with Crippen molar-refractivity contribution in [1.82, 2.24) is 14.9 Å². The van der Waals surface area contributed by atoms with Crippen molar-refractivity contribution in [3.63, 3.8) is 0 Å². The molecule has 0 saturated carbocycles. The van der Waals surface area contributed by atoms with Crippen LogP contribution >= 0.6 is 0 Å². The monoisotopic (exact) mass is 219 g/mol. The highest BCUT2D eigenvalue weighted by Crippen LogP contribution is 2.03. The van der Waals surface area contributed by atoms with E-state index in [2.05, 4.69) is 15.3 Å². The van der Waals surface area contributed by atoms with E-state index in [4.69, 9.17) is 5.26 Å². The third-order valence-electron chi connectivity index (χ3n) is 1.94. The molecule has 1 aromatic rings. The molecule has 1 amide bonds. The van der Waals surface area contributed by atoms with Gasteiger partial charge in [0.15, 0.2) is 5.69 Å². The van der Waals surface area contributed by atoms with Crippen LogP contribution in [0, 0.1) is 11.3 Å². The number of nitrogens with one attached hydrogen (secondary N) is 1. The first-order valence-corrected chi connectivity index (χ1v) is 4.74. The van der Waals surface area contributed by atoms with Crippen molar-refractivity contribution < 1.29 is 4.79 Å². The minimum Gasteiger partial charge on any atom is -0.357 e. The van der Waals surface area contributed by atoms with E-state index in [1.54, 1.807) is 21.0 Å². The van der Waals surface area contributed by atoms with Gasteiger partial charge >= 0.3 is 0 Å². The first kappa shape index (κ1) is 11.9. The lowest BCUT2D eigenvalue weighted by atomic mass is 10.3. The van der Waals surface area contributed by atoms with Gasteiger partial charge in [0.25, 0.3) is 0 Å². The van der Waals surface area contributed by atoms with Crippen molar-refractivity contribution in [3.05, 3.63) is 18.1 Å². The van der Waals surface area contributed by atoms with E-state index in [9.17, 15) is 4.79 Å². The predicted molar refractivity (Wildman–Crippen MR) is 58.5 cm³/mol. The van der Waals surface area contributed by atoms with Crippen LogP contribution in [0.25, 0.3) is 0 Å². The predicted octanol–water partition coefficient (Wildman–Crippen LogP) is 0.237. The Bertz CT molecular complexity index is 406. The summed E-state index contributed by atoms with van der Waals surface area (Å²) in [6.45, 7) is 1.74. The second kappa shape index (κ2) is 5.07. The molecule has 0 aliphatic carbocycles. The number of carbonyl (C=O) groups excluding carboxylic acids is 1. The standard InChI is InChI=1S/C10H13N5O/c1-7(10(16)15(2)3)14-9-6-12-8(4-11)5-13-9/h5-7H,1-3H3,(H,13,14). The lowest BCUT2D eigenvalue weighted by molar-refractivity contribution is -0.129. The van der Waals surface area contributed by atoms with E-state index in [0.29, 0.717) is 5.82 Å². The minimum absolute atomic E-state index is 0.0499. The summed E-state index contributed by atoms with van der Waals surface area (Å²) in [6.07, 6.45) is 2.78. The second-order valence-corrected chi connectivity index (χ2v) is 3.50. The molecule has 1 rings (SSSR count). The number of carbonyl (C=O) groups is 1. The molecule has 6 nitrogen and oxygen atoms in total. The zero-order valence-electron chi connectivity index (χ0n) is 9.43. The average Bonchev–Trinajstić information content (AvgIpc) is 2.28. The smallest absolute Gasteiger partial charge is 0.244 e. The zero-order chi connectivity index (χ0) is 12.1. The first-order valence-electron chi connectivity index (χ1n) is 4.74. The summed E-state index contributed by atoms with van der Waals surface area (Å²) in [5.41, 5.74) is 0.247. The summed E-state index contributed by atoms with van der Waals surface area (Å²) in [7, 11) is 3.37. The molecule has 84 valence electrons. The van der Waals surface area contributed by atoms with Crippen LogP contribution < -0.4 is 5.32 Å². The van der Waals surface area contributed by atoms with Gasteiger partial charge in [-0.1, -0.05) is 0 Å². The zero-order valence-corrected chi connectivity index (χ0v) is 9.43. The van der Waals surface area contributed by atoms with Crippen LogP contribution in [0.2, 0.25) is 0 Å². The first-order chi connectivity index (χ1) is 7.54. The quantitative estimate of drug-likeness (QED) is 0.787. The summed E-state index contributed by atoms with van der Waals surface area (Å²) in [6, 6.07) is 1.49. The van der Waals surface area contributed by atoms with E-state index in [1.165, 1.54) is 17.3 Å². The van der Waals surface area contributed by atoms with Crippen molar-refractivity contribution in [3.8, 4) is 6.07 Å². The minimum atomic E-state index is -0.378. The summed E-state index contributed by atoms with van der Waals surface area (Å²) in [4.78, 5) is 20.8. The number of amides is 1. The number of likely N-dealkylation sites (N-methyl/N-ethyl adjacent to an activating group) is 1. The van der Waals surface area contributed by atoms with Crippen molar-refractivity contribution in [2.45, 2.75) is 13.0 Å². The van der Waals surface area contributed by atoms with Crippen LogP contribution in [0.1, 0.15) is 12.6 Å². The Hall–Kier alpha value is -2.16. The highest BCUT2D eigenvalue weighted by atomic mass is 16.2. The number of aromatic nitrogens is 2. The van der Waals surface area contributed by atoms with E-state index in [1.807, 2.05) is 6.07 Å². The Morgan fingerprint density at radius 2 is 2.19 bits per heavy atom. The Kier molecular flexibility index (Phi) is 3.78. The van der Waals surface area contributed by atoms with Crippen LogP contribution in [0.5, 0.6) is 0 Å². The second-order valence-electron chi connectivity index (χ2n) is 3.50. The van der Waals surface area contributed by atoms with Gasteiger partial charge in [-0.2, -0.15) is 5.26 Å². The van der Waals surface area contributed by atoms with Gasteiger partial charge in [-0.05, 0) is 6.92 Å². The molecule has 0 radical (unpaired) electrons.